The standard InChI is InChI=1S/C4H9.O.Sn.H/c1-3-4-2;;;/h1,3-4H2,2H3;;;/q;;+1;-1. The molecule has 0 aromatic heterocycles. The third-order valence-corrected chi connectivity index (χ3v) is 2.22. The molecule has 2 heteroatoms. The quantitative estimate of drug-likeness (QED) is 0.488. The maximum atomic E-state index is 9.86. The Morgan fingerprint density at radius 1 is 1.83 bits per heavy atom. The fourth-order valence-corrected chi connectivity index (χ4v) is 1.67. The first-order valence-electron chi connectivity index (χ1n) is 2.26. The van der Waals surface area contributed by atoms with Gasteiger partial charge in [-0.05, 0) is 0 Å². The van der Waals surface area contributed by atoms with Gasteiger partial charge in [-0.3, -0.25) is 0 Å². The first kappa shape index (κ1) is 6.60. The van der Waals surface area contributed by atoms with Gasteiger partial charge in [-0.2, -0.15) is 0 Å². The first-order valence-corrected chi connectivity index (χ1v) is 5.45. The van der Waals surface area contributed by atoms with Crippen molar-refractivity contribution in [2.75, 3.05) is 0 Å². The molecule has 0 spiro atoms. The van der Waals surface area contributed by atoms with Crippen molar-refractivity contribution < 1.29 is 4.50 Å². The molecule has 0 saturated carbocycles. The minimum absolute atomic E-state index is 0. The Balaban J connectivity index is 0. The van der Waals surface area contributed by atoms with E-state index in [4.69, 9.17) is 0 Å². The van der Waals surface area contributed by atoms with Gasteiger partial charge in [0.2, 0.25) is 0 Å². The summed E-state index contributed by atoms with van der Waals surface area (Å²) in [5, 5.41) is 0. The molecular formula is C4H10OSn. The molecule has 0 atom stereocenters. The van der Waals surface area contributed by atoms with E-state index in [1.807, 2.05) is 0 Å². The van der Waals surface area contributed by atoms with Crippen molar-refractivity contribution in [2.45, 2.75) is 24.2 Å². The summed E-state index contributed by atoms with van der Waals surface area (Å²) in [6, 6.07) is 0. The van der Waals surface area contributed by atoms with Crippen LogP contribution in [0.1, 0.15) is 21.2 Å². The predicted octanol–water partition coefficient (Wildman–Crippen LogP) is 1.37. The van der Waals surface area contributed by atoms with Gasteiger partial charge in [-0.25, -0.2) is 0 Å². The Morgan fingerprint density at radius 2 is 2.50 bits per heavy atom. The van der Waals surface area contributed by atoms with Crippen molar-refractivity contribution in [1.82, 2.24) is 0 Å². The second-order valence-electron chi connectivity index (χ2n) is 1.25. The van der Waals surface area contributed by atoms with Gasteiger partial charge in [-0.1, -0.05) is 0 Å². The fourth-order valence-electron chi connectivity index (χ4n) is 0.249. The molecule has 0 fully saturated rings. The summed E-state index contributed by atoms with van der Waals surface area (Å²) in [5.41, 5.74) is 0. The summed E-state index contributed by atoms with van der Waals surface area (Å²) >= 11 is -1.06. The number of hydrogen-bond donors (Lipinski definition) is 0. The summed E-state index contributed by atoms with van der Waals surface area (Å²) < 4.78 is 10.9. The topological polar surface area (TPSA) is 17.1 Å². The zero-order valence-corrected chi connectivity index (χ0v) is 6.88. The molecule has 0 aliphatic rings. The second kappa shape index (κ2) is 5.60. The van der Waals surface area contributed by atoms with E-state index in [0.29, 0.717) is 0 Å². The largest absolute Gasteiger partial charge is 1.00 e. The van der Waals surface area contributed by atoms with E-state index < -0.39 is 21.1 Å². The van der Waals surface area contributed by atoms with Crippen LogP contribution in [0.2, 0.25) is 4.44 Å². The second-order valence-corrected chi connectivity index (χ2v) is 3.50. The molecule has 36 valence electrons. The van der Waals surface area contributed by atoms with Crippen LogP contribution in [0.3, 0.4) is 0 Å². The molecule has 1 nitrogen and oxygen atoms in total. The molecule has 0 radical (unpaired) electrons. The summed E-state index contributed by atoms with van der Waals surface area (Å²) in [7, 11) is 0. The summed E-state index contributed by atoms with van der Waals surface area (Å²) in [6.07, 6.45) is 2.37. The van der Waals surface area contributed by atoms with Crippen molar-refractivity contribution >= 4 is 21.1 Å². The average molecular weight is 193 g/mol. The van der Waals surface area contributed by atoms with E-state index in [0.717, 1.165) is 4.44 Å². The Hall–Kier alpha value is 0.599. The van der Waals surface area contributed by atoms with Gasteiger partial charge in [0.25, 0.3) is 0 Å². The van der Waals surface area contributed by atoms with Gasteiger partial charge in [0, 0.05) is 0 Å². The van der Waals surface area contributed by atoms with E-state index in [1.165, 1.54) is 12.8 Å². The summed E-state index contributed by atoms with van der Waals surface area (Å²) in [6.45, 7) is 2.12. The minimum atomic E-state index is -1.06. The molecule has 0 rings (SSSR count). The van der Waals surface area contributed by atoms with Crippen molar-refractivity contribution in [3.8, 4) is 0 Å². The maximum absolute atomic E-state index is 9.86. The van der Waals surface area contributed by atoms with Crippen molar-refractivity contribution in [3.05, 3.63) is 0 Å². The molecule has 0 saturated heterocycles. The molecule has 0 heterocycles. The summed E-state index contributed by atoms with van der Waals surface area (Å²) in [4.78, 5) is 0. The molecular weight excluding hydrogens is 183 g/mol. The SMILES string of the molecule is CCC[CH2][Sn+]=[O].[H-]. The van der Waals surface area contributed by atoms with Crippen LogP contribution in [0.4, 0.5) is 0 Å². The van der Waals surface area contributed by atoms with Gasteiger partial charge < -0.3 is 1.43 Å². The summed E-state index contributed by atoms with van der Waals surface area (Å²) in [5.74, 6) is 0. The Kier molecular flexibility index (Phi) is 6.16. The first-order chi connectivity index (χ1) is 2.91. The monoisotopic (exact) mass is 194 g/mol. The molecule has 0 aromatic carbocycles. The van der Waals surface area contributed by atoms with E-state index in [1.54, 1.807) is 0 Å². The number of unbranched alkanes of at least 4 members (excludes halogenated alkanes) is 1. The van der Waals surface area contributed by atoms with Gasteiger partial charge in [0.15, 0.2) is 0 Å². The van der Waals surface area contributed by atoms with E-state index >= 15 is 0 Å². The predicted molar refractivity (Wildman–Crippen MR) is 27.3 cm³/mol. The van der Waals surface area contributed by atoms with E-state index in [-0.39, 0.29) is 1.43 Å². The number of hydrogen-bond acceptors (Lipinski definition) is 1. The molecule has 6 heavy (non-hydrogen) atoms. The van der Waals surface area contributed by atoms with Crippen LogP contribution >= 0.6 is 0 Å². The van der Waals surface area contributed by atoms with Crippen LogP contribution in [0, 0.1) is 0 Å². The van der Waals surface area contributed by atoms with Crippen LogP contribution in [-0.2, 0) is 3.08 Å². The molecule has 0 aliphatic carbocycles. The van der Waals surface area contributed by atoms with Gasteiger partial charge >= 0.3 is 48.4 Å². The molecule has 0 unspecified atom stereocenters. The molecule has 0 bridgehead atoms. The van der Waals surface area contributed by atoms with Gasteiger partial charge in [0.1, 0.15) is 0 Å². The Labute approximate surface area is 50.2 Å². The minimum Gasteiger partial charge on any atom is -1.00 e. The molecule has 0 N–H and O–H groups in total. The zero-order chi connectivity index (χ0) is 4.83. The van der Waals surface area contributed by atoms with Crippen LogP contribution in [0.25, 0.3) is 0 Å². The Morgan fingerprint density at radius 3 is 2.67 bits per heavy atom. The van der Waals surface area contributed by atoms with E-state index in [9.17, 15) is 3.08 Å². The Bertz CT molecular complexity index is 40.7. The van der Waals surface area contributed by atoms with Crippen LogP contribution in [0.5, 0.6) is 0 Å². The van der Waals surface area contributed by atoms with Crippen LogP contribution in [0.15, 0.2) is 0 Å². The van der Waals surface area contributed by atoms with Crippen molar-refractivity contribution in [3.63, 3.8) is 0 Å². The normalized spacial score (nSPS) is 7.50. The smallest absolute Gasteiger partial charge is 1.00 e. The third-order valence-electron chi connectivity index (χ3n) is 0.632. The third kappa shape index (κ3) is 4.60. The molecule has 0 aromatic rings. The van der Waals surface area contributed by atoms with Crippen molar-refractivity contribution in [1.29, 1.82) is 0 Å². The van der Waals surface area contributed by atoms with E-state index in [2.05, 4.69) is 6.92 Å². The molecule has 0 amide bonds. The maximum Gasteiger partial charge on any atom is -1.00 e. The zero-order valence-electron chi connectivity index (χ0n) is 5.03. The number of rotatable bonds is 3. The van der Waals surface area contributed by atoms with Crippen molar-refractivity contribution in [2.24, 2.45) is 0 Å². The average Bonchev–Trinajstić information content (AvgIpc) is 1.61. The molecule has 0 aliphatic heterocycles. The van der Waals surface area contributed by atoms with Crippen LogP contribution in [-0.4, -0.2) is 21.1 Å². The van der Waals surface area contributed by atoms with Gasteiger partial charge in [-0.15, -0.1) is 0 Å². The van der Waals surface area contributed by atoms with Crippen LogP contribution < -0.4 is 0 Å². The van der Waals surface area contributed by atoms with Gasteiger partial charge in [0.05, 0.1) is 0 Å². The fraction of sp³-hybridized carbons (Fsp3) is 1.00.